The number of carboxylic acids is 1. The van der Waals surface area contributed by atoms with Gasteiger partial charge in [0, 0.05) is 5.38 Å². The van der Waals surface area contributed by atoms with E-state index in [1.807, 2.05) is 6.92 Å². The number of aliphatic carboxylic acids is 1. The van der Waals surface area contributed by atoms with Crippen LogP contribution >= 0.6 is 11.3 Å². The normalized spacial score (nSPS) is 12.6. The summed E-state index contributed by atoms with van der Waals surface area (Å²) in [4.78, 5) is 14.9. The van der Waals surface area contributed by atoms with E-state index < -0.39 is 12.0 Å². The Morgan fingerprint density at radius 3 is 3.00 bits per heavy atom. The average Bonchev–Trinajstić information content (AvgIpc) is 2.84. The number of aromatic nitrogens is 1. The summed E-state index contributed by atoms with van der Waals surface area (Å²) in [6.07, 6.45) is 1.57. The van der Waals surface area contributed by atoms with E-state index in [4.69, 9.17) is 15.3 Å². The molecule has 0 saturated carbocycles. The second kappa shape index (κ2) is 4.07. The largest absolute Gasteiger partial charge is 0.480 e. The highest BCUT2D eigenvalue weighted by molar-refractivity contribution is 7.13. The summed E-state index contributed by atoms with van der Waals surface area (Å²) in [5.41, 5.74) is 6.70. The van der Waals surface area contributed by atoms with Gasteiger partial charge in [0.25, 0.3) is 0 Å². The van der Waals surface area contributed by atoms with Crippen LogP contribution in [0.2, 0.25) is 0 Å². The first-order valence-electron chi connectivity index (χ1n) is 4.58. The van der Waals surface area contributed by atoms with E-state index in [2.05, 4.69) is 4.98 Å². The Morgan fingerprint density at radius 2 is 2.44 bits per heavy atom. The molecule has 6 heteroatoms. The van der Waals surface area contributed by atoms with Crippen molar-refractivity contribution in [2.75, 3.05) is 0 Å². The van der Waals surface area contributed by atoms with Gasteiger partial charge in [0.2, 0.25) is 0 Å². The lowest BCUT2D eigenvalue weighted by Crippen LogP contribution is -2.20. The molecular weight excluding hydrogens is 228 g/mol. The highest BCUT2D eigenvalue weighted by Gasteiger charge is 2.19. The molecule has 16 heavy (non-hydrogen) atoms. The van der Waals surface area contributed by atoms with E-state index in [0.29, 0.717) is 5.69 Å². The lowest BCUT2D eigenvalue weighted by Gasteiger charge is -2.00. The van der Waals surface area contributed by atoms with Crippen molar-refractivity contribution in [3.63, 3.8) is 0 Å². The maximum absolute atomic E-state index is 10.7. The van der Waals surface area contributed by atoms with Crippen LogP contribution in [0.15, 0.2) is 22.1 Å². The Labute approximate surface area is 95.5 Å². The third-order valence-corrected chi connectivity index (χ3v) is 3.09. The molecule has 2 rings (SSSR count). The van der Waals surface area contributed by atoms with Crippen LogP contribution in [-0.2, 0) is 4.79 Å². The molecule has 1 unspecified atom stereocenters. The van der Waals surface area contributed by atoms with Crippen LogP contribution in [0.4, 0.5) is 0 Å². The van der Waals surface area contributed by atoms with Gasteiger partial charge in [0.1, 0.15) is 16.8 Å². The molecule has 2 aromatic rings. The second-order valence-electron chi connectivity index (χ2n) is 3.28. The molecule has 0 spiro atoms. The zero-order chi connectivity index (χ0) is 11.7. The predicted molar refractivity (Wildman–Crippen MR) is 59.1 cm³/mol. The Morgan fingerprint density at radius 1 is 1.69 bits per heavy atom. The summed E-state index contributed by atoms with van der Waals surface area (Å²) < 4.78 is 5.16. The van der Waals surface area contributed by atoms with Gasteiger partial charge >= 0.3 is 5.97 Å². The number of aryl methyl sites for hydroxylation is 1. The van der Waals surface area contributed by atoms with Gasteiger partial charge in [-0.3, -0.25) is 4.79 Å². The van der Waals surface area contributed by atoms with Crippen molar-refractivity contribution in [2.24, 2.45) is 5.73 Å². The van der Waals surface area contributed by atoms with Crippen LogP contribution < -0.4 is 5.73 Å². The minimum atomic E-state index is -1.08. The van der Waals surface area contributed by atoms with Gasteiger partial charge in [-0.05, 0) is 13.0 Å². The first kappa shape index (κ1) is 10.8. The van der Waals surface area contributed by atoms with Crippen molar-refractivity contribution in [2.45, 2.75) is 13.0 Å². The highest BCUT2D eigenvalue weighted by Crippen LogP contribution is 2.28. The molecule has 0 bridgehead atoms. The summed E-state index contributed by atoms with van der Waals surface area (Å²) in [6.45, 7) is 1.83. The van der Waals surface area contributed by atoms with Crippen molar-refractivity contribution in [1.29, 1.82) is 0 Å². The summed E-state index contributed by atoms with van der Waals surface area (Å²) >= 11 is 1.35. The van der Waals surface area contributed by atoms with E-state index in [9.17, 15) is 4.79 Å². The predicted octanol–water partition coefficient (Wildman–Crippen LogP) is 1.80. The summed E-state index contributed by atoms with van der Waals surface area (Å²) in [5, 5.41) is 11.1. The van der Waals surface area contributed by atoms with Crippen molar-refractivity contribution in [1.82, 2.24) is 4.98 Å². The van der Waals surface area contributed by atoms with Gasteiger partial charge in [0.15, 0.2) is 0 Å². The maximum Gasteiger partial charge on any atom is 0.326 e. The number of hydrogen-bond donors (Lipinski definition) is 2. The first-order valence-corrected chi connectivity index (χ1v) is 5.46. The van der Waals surface area contributed by atoms with Crippen molar-refractivity contribution in [3.8, 4) is 10.6 Å². The summed E-state index contributed by atoms with van der Waals surface area (Å²) in [5.74, 6) is -0.328. The Kier molecular flexibility index (Phi) is 2.76. The number of carboxylic acid groups (broad SMARTS) is 1. The molecule has 0 aromatic carbocycles. The van der Waals surface area contributed by atoms with E-state index in [1.54, 1.807) is 17.7 Å². The van der Waals surface area contributed by atoms with Crippen molar-refractivity contribution >= 4 is 17.3 Å². The molecular formula is C10H10N2O3S. The smallest absolute Gasteiger partial charge is 0.326 e. The number of furan rings is 1. The summed E-state index contributed by atoms with van der Waals surface area (Å²) in [7, 11) is 0. The molecule has 0 aliphatic heterocycles. The molecule has 2 aromatic heterocycles. The van der Waals surface area contributed by atoms with Gasteiger partial charge in [-0.2, -0.15) is 0 Å². The van der Waals surface area contributed by atoms with Crippen LogP contribution in [0.5, 0.6) is 0 Å². The minimum absolute atomic E-state index is 0.369. The molecule has 0 fully saturated rings. The molecule has 1 atom stereocenters. The molecule has 0 aliphatic rings. The van der Waals surface area contributed by atoms with E-state index in [1.165, 1.54) is 11.3 Å². The third kappa shape index (κ3) is 1.84. The van der Waals surface area contributed by atoms with E-state index >= 15 is 0 Å². The third-order valence-electron chi connectivity index (χ3n) is 2.20. The average molecular weight is 238 g/mol. The standard InChI is InChI=1S/C10H10N2O3S/c1-5-6(2-3-15-5)9-12-7(4-16-9)8(11)10(13)14/h2-4,8H,11H2,1H3,(H,13,14). The first-order chi connectivity index (χ1) is 7.59. The van der Waals surface area contributed by atoms with Crippen molar-refractivity contribution < 1.29 is 14.3 Å². The van der Waals surface area contributed by atoms with Gasteiger partial charge in [-0.15, -0.1) is 11.3 Å². The van der Waals surface area contributed by atoms with Gasteiger partial charge in [-0.1, -0.05) is 0 Å². The number of carbonyl (C=O) groups is 1. The van der Waals surface area contributed by atoms with Crippen LogP contribution in [0.1, 0.15) is 17.5 Å². The SMILES string of the molecule is Cc1occc1-c1nc(C(N)C(=O)O)cs1. The molecule has 0 amide bonds. The van der Waals surface area contributed by atoms with Crippen LogP contribution in [0.25, 0.3) is 10.6 Å². The topological polar surface area (TPSA) is 89.4 Å². The molecule has 0 radical (unpaired) electrons. The molecule has 0 saturated heterocycles. The zero-order valence-electron chi connectivity index (χ0n) is 8.51. The lowest BCUT2D eigenvalue weighted by atomic mass is 10.2. The molecule has 5 nitrogen and oxygen atoms in total. The zero-order valence-corrected chi connectivity index (χ0v) is 9.32. The van der Waals surface area contributed by atoms with Crippen molar-refractivity contribution in [3.05, 3.63) is 29.2 Å². The summed E-state index contributed by atoms with van der Waals surface area (Å²) in [6, 6.07) is 0.724. The van der Waals surface area contributed by atoms with E-state index in [-0.39, 0.29) is 0 Å². The monoisotopic (exact) mass is 238 g/mol. The van der Waals surface area contributed by atoms with Crippen LogP contribution in [0.3, 0.4) is 0 Å². The number of rotatable bonds is 3. The van der Waals surface area contributed by atoms with Crippen LogP contribution in [0, 0.1) is 6.92 Å². The van der Waals surface area contributed by atoms with E-state index in [0.717, 1.165) is 16.3 Å². The Hall–Kier alpha value is -1.66. The van der Waals surface area contributed by atoms with Crippen LogP contribution in [-0.4, -0.2) is 16.1 Å². The lowest BCUT2D eigenvalue weighted by molar-refractivity contribution is -0.138. The molecule has 3 N–H and O–H groups in total. The fourth-order valence-electron chi connectivity index (χ4n) is 1.29. The quantitative estimate of drug-likeness (QED) is 0.850. The van der Waals surface area contributed by atoms with Gasteiger partial charge in [0.05, 0.1) is 17.5 Å². The van der Waals surface area contributed by atoms with Gasteiger partial charge < -0.3 is 15.3 Å². The molecule has 2 heterocycles. The molecule has 84 valence electrons. The number of hydrogen-bond acceptors (Lipinski definition) is 5. The second-order valence-corrected chi connectivity index (χ2v) is 4.14. The number of nitrogens with two attached hydrogens (primary N) is 1. The Bertz CT molecular complexity index is 518. The fraction of sp³-hybridized carbons (Fsp3) is 0.200. The molecule has 0 aliphatic carbocycles. The fourth-order valence-corrected chi connectivity index (χ4v) is 2.21. The Balaban J connectivity index is 2.33. The van der Waals surface area contributed by atoms with Gasteiger partial charge in [-0.25, -0.2) is 4.98 Å². The highest BCUT2D eigenvalue weighted by atomic mass is 32.1. The number of nitrogens with zero attached hydrogens (tertiary/aromatic N) is 1. The number of thiazole rings is 1. The minimum Gasteiger partial charge on any atom is -0.480 e. The maximum atomic E-state index is 10.7.